The van der Waals surface area contributed by atoms with Gasteiger partial charge < -0.3 is 14.2 Å². The molecule has 0 saturated carbocycles. The SMILES string of the molecule is CCCCC/C=C\C/C=C\C/C=C\C/C=C\CCCCCC(=O)OC[C@H](COC(=O)CCCC/C=C\C/C=C\C/C=C\CCCCC)OC(=O)CCCCCCC/C=C\C/C=C\CCCCC. The Morgan fingerprint density at radius 1 is 0.299 bits per heavy atom. The molecule has 0 fully saturated rings. The van der Waals surface area contributed by atoms with Gasteiger partial charge in [0.2, 0.25) is 0 Å². The summed E-state index contributed by atoms with van der Waals surface area (Å²) in [5.41, 5.74) is 0. The van der Waals surface area contributed by atoms with E-state index in [1.165, 1.54) is 77.0 Å². The number of ether oxygens (including phenoxy) is 3. The summed E-state index contributed by atoms with van der Waals surface area (Å²) in [6, 6.07) is 0. The van der Waals surface area contributed by atoms with Gasteiger partial charge in [-0.2, -0.15) is 0 Å². The molecule has 0 saturated heterocycles. The van der Waals surface area contributed by atoms with E-state index in [-0.39, 0.29) is 31.1 Å². The number of carbonyl (C=O) groups is 3. The highest BCUT2D eigenvalue weighted by molar-refractivity contribution is 5.71. The van der Waals surface area contributed by atoms with E-state index in [0.29, 0.717) is 19.3 Å². The van der Waals surface area contributed by atoms with Crippen LogP contribution in [0.5, 0.6) is 0 Å². The van der Waals surface area contributed by atoms with Crippen molar-refractivity contribution < 1.29 is 28.6 Å². The van der Waals surface area contributed by atoms with Crippen molar-refractivity contribution in [3.8, 4) is 0 Å². The molecular weight excluding hydrogens is 829 g/mol. The van der Waals surface area contributed by atoms with Crippen LogP contribution in [0.4, 0.5) is 0 Å². The van der Waals surface area contributed by atoms with Crippen molar-refractivity contribution in [1.29, 1.82) is 0 Å². The lowest BCUT2D eigenvalue weighted by Crippen LogP contribution is -2.30. The van der Waals surface area contributed by atoms with Gasteiger partial charge in [0.05, 0.1) is 0 Å². The summed E-state index contributed by atoms with van der Waals surface area (Å²) >= 11 is 0. The third-order valence-corrected chi connectivity index (χ3v) is 11.2. The molecular formula is C61H100O6. The number of allylic oxidation sites excluding steroid dienone is 18. The van der Waals surface area contributed by atoms with Gasteiger partial charge in [0.25, 0.3) is 0 Å². The van der Waals surface area contributed by atoms with Crippen LogP contribution in [-0.4, -0.2) is 37.2 Å². The average Bonchev–Trinajstić information content (AvgIpc) is 3.33. The number of hydrogen-bond donors (Lipinski definition) is 0. The van der Waals surface area contributed by atoms with Crippen molar-refractivity contribution in [2.45, 2.75) is 245 Å². The summed E-state index contributed by atoms with van der Waals surface area (Å²) in [7, 11) is 0. The van der Waals surface area contributed by atoms with Crippen LogP contribution in [0.25, 0.3) is 0 Å². The second-order valence-electron chi connectivity index (χ2n) is 17.8. The fourth-order valence-corrected chi connectivity index (χ4v) is 7.05. The topological polar surface area (TPSA) is 78.9 Å². The first-order valence-electron chi connectivity index (χ1n) is 27.4. The van der Waals surface area contributed by atoms with Gasteiger partial charge >= 0.3 is 17.9 Å². The normalized spacial score (nSPS) is 12.9. The quantitative estimate of drug-likeness (QED) is 0.0262. The zero-order valence-electron chi connectivity index (χ0n) is 43.4. The number of rotatable bonds is 48. The Morgan fingerprint density at radius 3 is 0.881 bits per heavy atom. The fourth-order valence-electron chi connectivity index (χ4n) is 7.05. The molecule has 380 valence electrons. The van der Waals surface area contributed by atoms with Crippen molar-refractivity contribution >= 4 is 17.9 Å². The zero-order chi connectivity index (χ0) is 48.6. The largest absolute Gasteiger partial charge is 0.462 e. The minimum absolute atomic E-state index is 0.114. The Morgan fingerprint density at radius 2 is 0.537 bits per heavy atom. The highest BCUT2D eigenvalue weighted by Gasteiger charge is 2.19. The summed E-state index contributed by atoms with van der Waals surface area (Å²) in [6.45, 7) is 6.47. The second kappa shape index (κ2) is 54.7. The molecule has 0 aliphatic rings. The molecule has 1 atom stereocenters. The lowest BCUT2D eigenvalue weighted by Gasteiger charge is -2.18. The third-order valence-electron chi connectivity index (χ3n) is 11.2. The first-order chi connectivity index (χ1) is 33.0. The molecule has 0 aromatic carbocycles. The Kier molecular flexibility index (Phi) is 51.5. The summed E-state index contributed by atoms with van der Waals surface area (Å²) < 4.78 is 16.8. The minimum Gasteiger partial charge on any atom is -0.462 e. The van der Waals surface area contributed by atoms with Crippen molar-refractivity contribution in [1.82, 2.24) is 0 Å². The second-order valence-corrected chi connectivity index (χ2v) is 17.8. The molecule has 0 unspecified atom stereocenters. The molecule has 0 spiro atoms. The van der Waals surface area contributed by atoms with Crippen LogP contribution in [0.2, 0.25) is 0 Å². The smallest absolute Gasteiger partial charge is 0.306 e. The summed E-state index contributed by atoms with van der Waals surface area (Å²) in [4.78, 5) is 38.1. The molecule has 6 heteroatoms. The maximum Gasteiger partial charge on any atom is 0.306 e. The number of hydrogen-bond acceptors (Lipinski definition) is 6. The standard InChI is InChI=1S/C61H100O6/c1-4-7-10-13-16-19-22-25-28-29-30-31-34-36-39-42-45-48-51-54-60(63)66-57-58(67-61(64)55-52-49-46-43-40-37-33-27-24-21-18-15-12-9-6-3)56-65-59(62)53-50-47-44-41-38-35-32-26-23-20-17-14-11-8-5-2/h16-21,25-28,30-33,36,38-39,41,58H,4-15,22-24,29,34-35,37,40,42-57H2,1-3H3/b19-16-,20-17-,21-18-,28-25-,31-30-,32-26-,33-27-,39-36-,41-38-/t58-/m0/s1. The van der Waals surface area contributed by atoms with Gasteiger partial charge in [0.1, 0.15) is 13.2 Å². The van der Waals surface area contributed by atoms with Gasteiger partial charge in [-0.05, 0) is 135 Å². The lowest BCUT2D eigenvalue weighted by molar-refractivity contribution is -0.167. The molecule has 0 aliphatic heterocycles. The van der Waals surface area contributed by atoms with Crippen LogP contribution >= 0.6 is 0 Å². The van der Waals surface area contributed by atoms with Crippen molar-refractivity contribution in [3.63, 3.8) is 0 Å². The maximum atomic E-state index is 12.8. The number of esters is 3. The average molecular weight is 929 g/mol. The lowest BCUT2D eigenvalue weighted by atomic mass is 10.1. The molecule has 0 radical (unpaired) electrons. The molecule has 0 amide bonds. The van der Waals surface area contributed by atoms with Gasteiger partial charge in [0, 0.05) is 19.3 Å². The van der Waals surface area contributed by atoms with E-state index >= 15 is 0 Å². The first kappa shape index (κ1) is 63.1. The van der Waals surface area contributed by atoms with Gasteiger partial charge in [-0.25, -0.2) is 0 Å². The summed E-state index contributed by atoms with van der Waals surface area (Å²) in [6.07, 6.45) is 73.5. The number of unbranched alkanes of at least 4 members (excludes halogenated alkanes) is 19. The highest BCUT2D eigenvalue weighted by atomic mass is 16.6. The van der Waals surface area contributed by atoms with E-state index in [4.69, 9.17) is 14.2 Å². The van der Waals surface area contributed by atoms with Crippen LogP contribution in [-0.2, 0) is 28.6 Å². The van der Waals surface area contributed by atoms with Gasteiger partial charge in [-0.1, -0.05) is 194 Å². The minimum atomic E-state index is -0.816. The molecule has 6 nitrogen and oxygen atoms in total. The van der Waals surface area contributed by atoms with Crippen LogP contribution in [0, 0.1) is 0 Å². The fraction of sp³-hybridized carbons (Fsp3) is 0.656. The molecule has 0 aromatic rings. The summed E-state index contributed by atoms with van der Waals surface area (Å²) in [5, 5.41) is 0. The maximum absolute atomic E-state index is 12.8. The van der Waals surface area contributed by atoms with Crippen LogP contribution in [0.3, 0.4) is 0 Å². The van der Waals surface area contributed by atoms with E-state index in [9.17, 15) is 14.4 Å². The zero-order valence-corrected chi connectivity index (χ0v) is 43.4. The van der Waals surface area contributed by atoms with Crippen molar-refractivity contribution in [2.75, 3.05) is 13.2 Å². The predicted molar refractivity (Wildman–Crippen MR) is 288 cm³/mol. The summed E-state index contributed by atoms with van der Waals surface area (Å²) in [5.74, 6) is -0.998. The van der Waals surface area contributed by atoms with Crippen LogP contribution < -0.4 is 0 Å². The molecule has 0 N–H and O–H groups in total. The molecule has 0 bridgehead atoms. The van der Waals surface area contributed by atoms with Gasteiger partial charge in [-0.15, -0.1) is 0 Å². The highest BCUT2D eigenvalue weighted by Crippen LogP contribution is 2.12. The van der Waals surface area contributed by atoms with Crippen molar-refractivity contribution in [2.24, 2.45) is 0 Å². The first-order valence-corrected chi connectivity index (χ1v) is 27.4. The monoisotopic (exact) mass is 929 g/mol. The van der Waals surface area contributed by atoms with Gasteiger partial charge in [0.15, 0.2) is 6.10 Å². The van der Waals surface area contributed by atoms with Crippen molar-refractivity contribution in [3.05, 3.63) is 109 Å². The molecule has 0 rings (SSSR count). The molecule has 0 aliphatic carbocycles. The van der Waals surface area contributed by atoms with Gasteiger partial charge in [-0.3, -0.25) is 14.4 Å². The van der Waals surface area contributed by atoms with E-state index in [1.807, 2.05) is 0 Å². The number of carbonyl (C=O) groups excluding carboxylic acids is 3. The van der Waals surface area contributed by atoms with Crippen LogP contribution in [0.1, 0.15) is 239 Å². The third kappa shape index (κ3) is 52.9. The van der Waals surface area contributed by atoms with Crippen LogP contribution in [0.15, 0.2) is 109 Å². The predicted octanol–water partition coefficient (Wildman–Crippen LogP) is 18.3. The van der Waals surface area contributed by atoms with E-state index in [1.54, 1.807) is 0 Å². The Bertz CT molecular complexity index is 1390. The van der Waals surface area contributed by atoms with E-state index in [2.05, 4.69) is 130 Å². The molecule has 0 aromatic heterocycles. The van der Waals surface area contributed by atoms with E-state index in [0.717, 1.165) is 122 Å². The molecule has 0 heterocycles. The van der Waals surface area contributed by atoms with E-state index < -0.39 is 6.10 Å². The Hall–Kier alpha value is -3.93. The molecule has 67 heavy (non-hydrogen) atoms. The Labute approximate surface area is 412 Å². The Balaban J connectivity index is 4.54.